The Morgan fingerprint density at radius 3 is 2.67 bits per heavy atom. The lowest BCUT2D eigenvalue weighted by Gasteiger charge is -2.34. The van der Waals surface area contributed by atoms with Crippen LogP contribution in [0.1, 0.15) is 29.6 Å². The number of hydrogen-bond acceptors (Lipinski definition) is 3. The molecule has 0 atom stereocenters. The van der Waals surface area contributed by atoms with Gasteiger partial charge in [-0.05, 0) is 49.6 Å². The minimum atomic E-state index is -0.289. The molecule has 1 aliphatic rings. The Kier molecular flexibility index (Phi) is 3.52. The molecule has 3 aromatic rings. The van der Waals surface area contributed by atoms with Gasteiger partial charge in [0.05, 0.1) is 11.9 Å². The Hall–Kier alpha value is -2.76. The summed E-state index contributed by atoms with van der Waals surface area (Å²) in [6.45, 7) is 0. The zero-order chi connectivity index (χ0) is 16.7. The fraction of sp³-hybridized carbons (Fsp3) is 0.278. The maximum absolute atomic E-state index is 13.1. The molecule has 4 rings (SSSR count). The van der Waals surface area contributed by atoms with E-state index in [2.05, 4.69) is 10.1 Å². The zero-order valence-electron chi connectivity index (χ0n) is 13.3. The second-order valence-electron chi connectivity index (χ2n) is 6.13. The van der Waals surface area contributed by atoms with Crippen LogP contribution >= 0.6 is 0 Å². The lowest BCUT2D eigenvalue weighted by atomic mass is 9.91. The Labute approximate surface area is 138 Å². The molecule has 2 aromatic heterocycles. The molecule has 1 aliphatic carbocycles. The van der Waals surface area contributed by atoms with Crippen molar-refractivity contribution in [2.75, 3.05) is 7.05 Å². The summed E-state index contributed by atoms with van der Waals surface area (Å²) in [4.78, 5) is 18.8. The number of aromatic nitrogens is 3. The molecule has 0 unspecified atom stereocenters. The van der Waals surface area contributed by atoms with E-state index < -0.39 is 0 Å². The molecule has 122 valence electrons. The monoisotopic (exact) mass is 324 g/mol. The number of fused-ring (bicyclic) bond motifs is 1. The highest BCUT2D eigenvalue weighted by molar-refractivity contribution is 6.00. The van der Waals surface area contributed by atoms with E-state index in [0.29, 0.717) is 17.3 Å². The minimum Gasteiger partial charge on any atom is -0.339 e. The molecule has 0 aliphatic heterocycles. The van der Waals surface area contributed by atoms with Gasteiger partial charge in [-0.1, -0.05) is 0 Å². The van der Waals surface area contributed by atoms with E-state index in [1.165, 1.54) is 18.6 Å². The molecule has 1 amide bonds. The van der Waals surface area contributed by atoms with Gasteiger partial charge in [-0.2, -0.15) is 5.10 Å². The molecule has 0 radical (unpaired) electrons. The first-order valence-corrected chi connectivity index (χ1v) is 8.01. The molecule has 2 heterocycles. The molecule has 5 nitrogen and oxygen atoms in total. The minimum absolute atomic E-state index is 0.0570. The Morgan fingerprint density at radius 1 is 1.25 bits per heavy atom. The molecule has 1 fully saturated rings. The maximum atomic E-state index is 13.1. The van der Waals surface area contributed by atoms with Crippen molar-refractivity contribution in [3.8, 4) is 11.3 Å². The lowest BCUT2D eigenvalue weighted by molar-refractivity contribution is 0.0654. The van der Waals surface area contributed by atoms with Crippen molar-refractivity contribution >= 4 is 11.6 Å². The fourth-order valence-electron chi connectivity index (χ4n) is 3.01. The summed E-state index contributed by atoms with van der Waals surface area (Å²) in [5, 5.41) is 4.34. The van der Waals surface area contributed by atoms with Crippen LogP contribution in [0.25, 0.3) is 16.9 Å². The predicted molar refractivity (Wildman–Crippen MR) is 88.1 cm³/mol. The largest absolute Gasteiger partial charge is 0.339 e. The van der Waals surface area contributed by atoms with Crippen molar-refractivity contribution in [1.82, 2.24) is 19.5 Å². The first kappa shape index (κ1) is 14.8. The van der Waals surface area contributed by atoms with Crippen molar-refractivity contribution in [2.45, 2.75) is 25.3 Å². The Bertz CT molecular complexity index is 899. The molecule has 1 saturated carbocycles. The number of rotatable bonds is 3. The molecule has 1 aromatic carbocycles. The van der Waals surface area contributed by atoms with Crippen molar-refractivity contribution in [3.63, 3.8) is 0 Å². The summed E-state index contributed by atoms with van der Waals surface area (Å²) in [5.41, 5.74) is 2.60. The van der Waals surface area contributed by atoms with Gasteiger partial charge in [0.25, 0.3) is 5.91 Å². The van der Waals surface area contributed by atoms with E-state index >= 15 is 0 Å². The fourth-order valence-corrected chi connectivity index (χ4v) is 3.01. The summed E-state index contributed by atoms with van der Waals surface area (Å²) >= 11 is 0. The Morgan fingerprint density at radius 2 is 2.00 bits per heavy atom. The first-order valence-electron chi connectivity index (χ1n) is 8.01. The van der Waals surface area contributed by atoms with E-state index in [0.717, 1.165) is 24.1 Å². The second-order valence-corrected chi connectivity index (χ2v) is 6.13. The van der Waals surface area contributed by atoms with Crippen LogP contribution in [0, 0.1) is 5.82 Å². The molecular formula is C18H17FN4O. The van der Waals surface area contributed by atoms with Gasteiger partial charge in [0, 0.05) is 24.8 Å². The second kappa shape index (κ2) is 5.70. The van der Waals surface area contributed by atoms with Gasteiger partial charge in [0.2, 0.25) is 0 Å². The van der Waals surface area contributed by atoms with Crippen LogP contribution in [-0.2, 0) is 0 Å². The highest BCUT2D eigenvalue weighted by Crippen LogP contribution is 2.26. The van der Waals surface area contributed by atoms with Gasteiger partial charge in [0.15, 0.2) is 5.65 Å². The van der Waals surface area contributed by atoms with E-state index in [9.17, 15) is 9.18 Å². The molecule has 6 heteroatoms. The van der Waals surface area contributed by atoms with Crippen LogP contribution in [0.5, 0.6) is 0 Å². The summed E-state index contributed by atoms with van der Waals surface area (Å²) < 4.78 is 14.8. The van der Waals surface area contributed by atoms with Crippen LogP contribution in [0.3, 0.4) is 0 Å². The van der Waals surface area contributed by atoms with Crippen LogP contribution < -0.4 is 0 Å². The van der Waals surface area contributed by atoms with Crippen LogP contribution in [0.4, 0.5) is 4.39 Å². The van der Waals surface area contributed by atoms with Gasteiger partial charge in [-0.25, -0.2) is 13.9 Å². The highest BCUT2D eigenvalue weighted by atomic mass is 19.1. The predicted octanol–water partition coefficient (Wildman–Crippen LogP) is 3.16. The van der Waals surface area contributed by atoms with E-state index in [4.69, 9.17) is 0 Å². The third kappa shape index (κ3) is 2.35. The standard InChI is InChI=1S/C18H17FN4O/c1-22(14-3-2-4-14)18(24)15-11-21-23-16(9-10-20-17(15)23)12-5-7-13(19)8-6-12/h5-11,14H,2-4H2,1H3. The average molecular weight is 324 g/mol. The SMILES string of the molecule is CN(C(=O)c1cnn2c(-c3ccc(F)cc3)ccnc12)C1CCC1. The topological polar surface area (TPSA) is 50.5 Å². The number of carbonyl (C=O) groups excluding carboxylic acids is 1. The normalized spacial score (nSPS) is 14.6. The Balaban J connectivity index is 1.76. The summed E-state index contributed by atoms with van der Waals surface area (Å²) in [6, 6.07) is 8.30. The zero-order valence-corrected chi connectivity index (χ0v) is 13.3. The van der Waals surface area contributed by atoms with Crippen LogP contribution in [0.15, 0.2) is 42.7 Å². The van der Waals surface area contributed by atoms with Gasteiger partial charge < -0.3 is 4.90 Å². The average Bonchev–Trinajstić information content (AvgIpc) is 2.97. The van der Waals surface area contributed by atoms with Crippen LogP contribution in [0.2, 0.25) is 0 Å². The van der Waals surface area contributed by atoms with E-state index in [-0.39, 0.29) is 11.7 Å². The molecule has 0 N–H and O–H groups in total. The molecule has 24 heavy (non-hydrogen) atoms. The number of benzene rings is 1. The van der Waals surface area contributed by atoms with E-state index in [1.54, 1.807) is 40.0 Å². The number of amides is 1. The number of halogens is 1. The summed E-state index contributed by atoms with van der Waals surface area (Å²) in [6.07, 6.45) is 6.48. The third-order valence-electron chi connectivity index (χ3n) is 4.71. The number of carbonyl (C=O) groups is 1. The van der Waals surface area contributed by atoms with Gasteiger partial charge in [-0.15, -0.1) is 0 Å². The number of nitrogens with zero attached hydrogens (tertiary/aromatic N) is 4. The molecule has 0 spiro atoms. The van der Waals surface area contributed by atoms with E-state index in [1.807, 2.05) is 7.05 Å². The smallest absolute Gasteiger partial charge is 0.259 e. The maximum Gasteiger partial charge on any atom is 0.259 e. The summed E-state index contributed by atoms with van der Waals surface area (Å²) in [7, 11) is 1.83. The van der Waals surface area contributed by atoms with Gasteiger partial charge >= 0.3 is 0 Å². The third-order valence-corrected chi connectivity index (χ3v) is 4.71. The van der Waals surface area contributed by atoms with Gasteiger partial charge in [-0.3, -0.25) is 4.79 Å². The number of hydrogen-bond donors (Lipinski definition) is 0. The van der Waals surface area contributed by atoms with Crippen molar-refractivity contribution < 1.29 is 9.18 Å². The molecule has 0 bridgehead atoms. The molecular weight excluding hydrogens is 307 g/mol. The first-order chi connectivity index (χ1) is 11.6. The highest BCUT2D eigenvalue weighted by Gasteiger charge is 2.28. The van der Waals surface area contributed by atoms with Crippen LogP contribution in [-0.4, -0.2) is 38.5 Å². The lowest BCUT2D eigenvalue weighted by Crippen LogP contribution is -2.41. The van der Waals surface area contributed by atoms with Crippen molar-refractivity contribution in [2.24, 2.45) is 0 Å². The van der Waals surface area contributed by atoms with Crippen molar-refractivity contribution in [1.29, 1.82) is 0 Å². The summed E-state index contributed by atoms with van der Waals surface area (Å²) in [5.74, 6) is -0.346. The molecule has 0 saturated heterocycles. The van der Waals surface area contributed by atoms with Gasteiger partial charge in [0.1, 0.15) is 11.4 Å². The quantitative estimate of drug-likeness (QED) is 0.743. The van der Waals surface area contributed by atoms with Crippen molar-refractivity contribution in [3.05, 3.63) is 54.1 Å².